The van der Waals surface area contributed by atoms with Crippen LogP contribution < -0.4 is 20.3 Å². The summed E-state index contributed by atoms with van der Waals surface area (Å²) >= 11 is 1.43. The number of ether oxygens (including phenoxy) is 1. The fraction of sp³-hybridized carbons (Fsp3) is 0.345. The predicted octanol–water partition coefficient (Wildman–Crippen LogP) is 5.16. The molecule has 0 bridgehead atoms. The zero-order valence-corrected chi connectivity index (χ0v) is 22.5. The van der Waals surface area contributed by atoms with E-state index in [9.17, 15) is 9.59 Å². The Hall–Kier alpha value is -3.56. The normalized spacial score (nSPS) is 23.8. The molecule has 2 aromatic carbocycles. The molecule has 0 spiro atoms. The Morgan fingerprint density at radius 1 is 1.11 bits per heavy atom. The second-order valence-corrected chi connectivity index (χ2v) is 11.4. The van der Waals surface area contributed by atoms with Gasteiger partial charge in [0.25, 0.3) is 0 Å². The van der Waals surface area contributed by atoms with Crippen molar-refractivity contribution in [2.75, 3.05) is 19.0 Å². The van der Waals surface area contributed by atoms with Gasteiger partial charge in [-0.2, -0.15) is 0 Å². The van der Waals surface area contributed by atoms with Gasteiger partial charge >= 0.3 is 6.03 Å². The fourth-order valence-electron chi connectivity index (χ4n) is 5.82. The third kappa shape index (κ3) is 4.39. The van der Waals surface area contributed by atoms with Gasteiger partial charge in [0.2, 0.25) is 5.91 Å². The molecule has 1 aliphatic carbocycles. The molecular formula is C29H31N5O3S. The van der Waals surface area contributed by atoms with Crippen molar-refractivity contribution in [1.29, 1.82) is 0 Å². The van der Waals surface area contributed by atoms with Crippen molar-refractivity contribution < 1.29 is 14.3 Å². The maximum atomic E-state index is 13.5. The van der Waals surface area contributed by atoms with Gasteiger partial charge < -0.3 is 20.3 Å². The van der Waals surface area contributed by atoms with Crippen LogP contribution in [0.1, 0.15) is 36.4 Å². The summed E-state index contributed by atoms with van der Waals surface area (Å²) in [6.45, 7) is 1.96. The summed E-state index contributed by atoms with van der Waals surface area (Å²) in [5.41, 5.74) is 3.32. The molecule has 196 valence electrons. The largest absolute Gasteiger partial charge is 0.457 e. The molecule has 3 heterocycles. The first-order valence-electron chi connectivity index (χ1n) is 13.0. The zero-order valence-electron chi connectivity index (χ0n) is 21.7. The summed E-state index contributed by atoms with van der Waals surface area (Å²) in [7, 11) is 4.12. The SMILES string of the molecule is Cc1cc(Oc2ccccc2)ccc1N1C(=O)NC2c3c1ccnc3SC2C(=O)N[C@@H]1CCC[C@H]1N(C)C. The Bertz CT molecular complexity index is 1380. The van der Waals surface area contributed by atoms with Gasteiger partial charge in [0, 0.05) is 23.8 Å². The number of thioether (sulfide) groups is 1. The van der Waals surface area contributed by atoms with Crippen LogP contribution in [0.15, 0.2) is 65.8 Å². The summed E-state index contributed by atoms with van der Waals surface area (Å²) in [6.07, 6.45) is 4.86. The number of hydrogen-bond acceptors (Lipinski definition) is 6. The second kappa shape index (κ2) is 9.96. The van der Waals surface area contributed by atoms with Crippen molar-refractivity contribution in [3.63, 3.8) is 0 Å². The maximum absolute atomic E-state index is 13.5. The minimum Gasteiger partial charge on any atom is -0.457 e. The van der Waals surface area contributed by atoms with E-state index in [0.29, 0.717) is 11.8 Å². The van der Waals surface area contributed by atoms with E-state index in [0.717, 1.165) is 52.5 Å². The van der Waals surface area contributed by atoms with E-state index in [1.165, 1.54) is 11.8 Å². The number of rotatable bonds is 6. The lowest BCUT2D eigenvalue weighted by Crippen LogP contribution is -2.52. The first-order chi connectivity index (χ1) is 18.4. The number of anilines is 2. The zero-order chi connectivity index (χ0) is 26.4. The molecule has 38 heavy (non-hydrogen) atoms. The van der Waals surface area contributed by atoms with E-state index in [1.807, 2.05) is 61.5 Å². The third-order valence-corrected chi connectivity index (χ3v) is 8.91. The lowest BCUT2D eigenvalue weighted by Gasteiger charge is -2.35. The number of nitrogens with one attached hydrogen (secondary N) is 2. The number of benzene rings is 2. The average molecular weight is 530 g/mol. The summed E-state index contributed by atoms with van der Waals surface area (Å²) in [5, 5.41) is 6.72. The summed E-state index contributed by atoms with van der Waals surface area (Å²) < 4.78 is 5.98. The van der Waals surface area contributed by atoms with Crippen LogP contribution in [0, 0.1) is 6.92 Å². The van der Waals surface area contributed by atoms with Gasteiger partial charge in [-0.3, -0.25) is 9.69 Å². The van der Waals surface area contributed by atoms with Crippen molar-refractivity contribution in [3.05, 3.63) is 71.9 Å². The van der Waals surface area contributed by atoms with Crippen molar-refractivity contribution in [3.8, 4) is 11.5 Å². The highest BCUT2D eigenvalue weighted by Gasteiger charge is 2.47. The highest BCUT2D eigenvalue weighted by molar-refractivity contribution is 8.01. The van der Waals surface area contributed by atoms with Crippen molar-refractivity contribution in [2.24, 2.45) is 0 Å². The topological polar surface area (TPSA) is 86.8 Å². The molecule has 1 fully saturated rings. The number of pyridine rings is 1. The number of amides is 3. The fourth-order valence-corrected chi connectivity index (χ4v) is 7.06. The van der Waals surface area contributed by atoms with E-state index in [1.54, 1.807) is 11.1 Å². The number of aryl methyl sites for hydroxylation is 1. The van der Waals surface area contributed by atoms with Gasteiger partial charge in [0.05, 0.1) is 17.4 Å². The number of hydrogen-bond donors (Lipinski definition) is 2. The van der Waals surface area contributed by atoms with Crippen molar-refractivity contribution in [1.82, 2.24) is 20.5 Å². The molecule has 3 amide bonds. The van der Waals surface area contributed by atoms with Gasteiger partial charge in [-0.05, 0) is 82.2 Å². The highest BCUT2D eigenvalue weighted by Crippen LogP contribution is 2.51. The average Bonchev–Trinajstić information content (AvgIpc) is 3.51. The quantitative estimate of drug-likeness (QED) is 0.459. The molecule has 2 N–H and O–H groups in total. The van der Waals surface area contributed by atoms with E-state index in [2.05, 4.69) is 34.6 Å². The van der Waals surface area contributed by atoms with Crippen LogP contribution in [0.25, 0.3) is 0 Å². The van der Waals surface area contributed by atoms with E-state index < -0.39 is 11.3 Å². The Morgan fingerprint density at radius 3 is 2.68 bits per heavy atom. The summed E-state index contributed by atoms with van der Waals surface area (Å²) in [4.78, 5) is 35.5. The van der Waals surface area contributed by atoms with Gasteiger partial charge in [0.15, 0.2) is 0 Å². The van der Waals surface area contributed by atoms with Gasteiger partial charge in [-0.15, -0.1) is 0 Å². The van der Waals surface area contributed by atoms with E-state index in [4.69, 9.17) is 4.74 Å². The van der Waals surface area contributed by atoms with Crippen molar-refractivity contribution >= 4 is 35.1 Å². The number of para-hydroxylation sites is 1. The molecule has 2 unspecified atom stereocenters. The number of aromatic nitrogens is 1. The van der Waals surface area contributed by atoms with Crippen LogP contribution >= 0.6 is 11.8 Å². The smallest absolute Gasteiger partial charge is 0.327 e. The monoisotopic (exact) mass is 529 g/mol. The third-order valence-electron chi connectivity index (χ3n) is 7.62. The van der Waals surface area contributed by atoms with Crippen LogP contribution in [0.2, 0.25) is 0 Å². The minimum atomic E-state index is -0.462. The molecule has 4 atom stereocenters. The number of urea groups is 1. The maximum Gasteiger partial charge on any atom is 0.327 e. The van der Waals surface area contributed by atoms with E-state index >= 15 is 0 Å². The molecule has 8 nitrogen and oxygen atoms in total. The molecule has 1 saturated carbocycles. The van der Waals surface area contributed by atoms with Crippen LogP contribution in [0.4, 0.5) is 16.2 Å². The lowest BCUT2D eigenvalue weighted by molar-refractivity contribution is -0.121. The molecule has 3 aromatic rings. The molecule has 0 saturated heterocycles. The Morgan fingerprint density at radius 2 is 1.92 bits per heavy atom. The first-order valence-corrected chi connectivity index (χ1v) is 13.8. The van der Waals surface area contributed by atoms with E-state index in [-0.39, 0.29) is 18.0 Å². The minimum absolute atomic E-state index is 0.0463. The molecule has 2 aliphatic heterocycles. The number of likely N-dealkylation sites (N-methyl/N-ethyl adjacent to an activating group) is 1. The van der Waals surface area contributed by atoms with Crippen molar-refractivity contribution in [2.45, 2.75) is 54.6 Å². The van der Waals surface area contributed by atoms with Gasteiger partial charge in [-0.1, -0.05) is 30.0 Å². The molecule has 0 radical (unpaired) electrons. The Kier molecular flexibility index (Phi) is 6.49. The van der Waals surface area contributed by atoms with Crippen LogP contribution in [-0.2, 0) is 4.79 Å². The molecular weight excluding hydrogens is 498 g/mol. The first kappa shape index (κ1) is 24.8. The van der Waals surface area contributed by atoms with Gasteiger partial charge in [0.1, 0.15) is 21.8 Å². The molecule has 6 rings (SSSR count). The number of nitrogens with zero attached hydrogens (tertiary/aromatic N) is 3. The molecule has 9 heteroatoms. The Labute approximate surface area is 226 Å². The van der Waals surface area contributed by atoms with Gasteiger partial charge in [-0.25, -0.2) is 9.78 Å². The summed E-state index contributed by atoms with van der Waals surface area (Å²) in [6, 6.07) is 16.9. The lowest BCUT2D eigenvalue weighted by atomic mass is 9.99. The van der Waals surface area contributed by atoms with Crippen LogP contribution in [0.5, 0.6) is 11.5 Å². The Balaban J connectivity index is 1.26. The molecule has 1 aromatic heterocycles. The van der Waals surface area contributed by atoms with Crippen LogP contribution in [-0.4, -0.2) is 53.3 Å². The molecule has 3 aliphatic rings. The highest BCUT2D eigenvalue weighted by atomic mass is 32.2. The number of carbonyl (C=O) groups is 2. The van der Waals surface area contributed by atoms with Crippen LogP contribution in [0.3, 0.4) is 0 Å². The summed E-state index contributed by atoms with van der Waals surface area (Å²) in [5.74, 6) is 1.40. The second-order valence-electron chi connectivity index (χ2n) is 10.3. The number of carbonyl (C=O) groups excluding carboxylic acids is 2. The standard InChI is InChI=1S/C29H31N5O3S/c1-17-16-19(37-18-8-5-4-6-9-18)12-13-21(17)34-23-14-15-30-28-24(23)25(32-29(34)36)26(38-28)27(35)31-20-10-7-11-22(20)33(2)3/h4-6,8-9,12-16,20,22,25-26H,7,10-11H2,1-3H3,(H,31,35)(H,32,36)/t20-,22-,25?,26?/m1/s1. The predicted molar refractivity (Wildman–Crippen MR) is 148 cm³/mol.